The van der Waals surface area contributed by atoms with Crippen molar-refractivity contribution in [2.45, 2.75) is 38.5 Å². The van der Waals surface area contributed by atoms with Crippen molar-refractivity contribution in [1.29, 1.82) is 0 Å². The predicted octanol–water partition coefficient (Wildman–Crippen LogP) is 7.00. The van der Waals surface area contributed by atoms with Crippen molar-refractivity contribution in [3.05, 3.63) is 66.7 Å². The number of nitro benzene ring substituents is 2. The number of rotatable bonds is 11. The lowest BCUT2D eigenvalue weighted by Gasteiger charge is -2.27. The average molecular weight is 611 g/mol. The highest BCUT2D eigenvalue weighted by Crippen LogP contribution is 2.50. The molecule has 2 aromatic carbocycles. The van der Waals surface area contributed by atoms with E-state index < -0.39 is 76.9 Å². The smallest absolute Gasteiger partial charge is 0.262 e. The SMILES string of the molecule is CCCCCS(=O)(=O)NSN(c1cc(C(F)(F)F)ccc1Cl)c1c([N+](=O)[O-])cc([N+](=O)[O-])cc1C(F)(F)F. The van der Waals surface area contributed by atoms with Gasteiger partial charge in [0.1, 0.15) is 5.69 Å². The molecule has 0 heterocycles. The van der Waals surface area contributed by atoms with E-state index >= 15 is 0 Å². The lowest BCUT2D eigenvalue weighted by molar-refractivity contribution is -0.394. The maximum Gasteiger partial charge on any atom is 0.418 e. The third-order valence-corrected chi connectivity index (χ3v) is 7.78. The number of non-ortho nitro benzene ring substituents is 1. The van der Waals surface area contributed by atoms with E-state index in [1.165, 1.54) is 0 Å². The van der Waals surface area contributed by atoms with Crippen LogP contribution in [0.4, 0.5) is 49.1 Å². The van der Waals surface area contributed by atoms with Crippen LogP contribution < -0.4 is 8.43 Å². The van der Waals surface area contributed by atoms with Gasteiger partial charge in [0, 0.05) is 6.07 Å². The molecule has 0 aliphatic rings. The highest BCUT2D eigenvalue weighted by molar-refractivity contribution is 8.10. The normalized spacial score (nSPS) is 12.4. The first-order valence-electron chi connectivity index (χ1n) is 10.3. The molecule has 0 radical (unpaired) electrons. The van der Waals surface area contributed by atoms with E-state index in [-0.39, 0.29) is 41.1 Å². The maximum atomic E-state index is 14.0. The molecule has 0 bridgehead atoms. The zero-order valence-corrected chi connectivity index (χ0v) is 21.4. The Labute approximate surface area is 220 Å². The van der Waals surface area contributed by atoms with Crippen molar-refractivity contribution in [1.82, 2.24) is 4.13 Å². The number of benzene rings is 2. The summed E-state index contributed by atoms with van der Waals surface area (Å²) < 4.78 is 109. The van der Waals surface area contributed by atoms with E-state index in [4.69, 9.17) is 11.6 Å². The zero-order valence-electron chi connectivity index (χ0n) is 19.0. The van der Waals surface area contributed by atoms with E-state index in [1.54, 1.807) is 6.92 Å². The molecule has 19 heteroatoms. The Bertz CT molecular complexity index is 1320. The Balaban J connectivity index is 2.89. The number of sulfonamides is 1. The van der Waals surface area contributed by atoms with Crippen molar-refractivity contribution >= 4 is 56.5 Å². The maximum absolute atomic E-state index is 14.0. The predicted molar refractivity (Wildman–Crippen MR) is 127 cm³/mol. The van der Waals surface area contributed by atoms with E-state index in [0.717, 1.165) is 0 Å². The lowest BCUT2D eigenvalue weighted by Crippen LogP contribution is -2.27. The van der Waals surface area contributed by atoms with Crippen LogP contribution in [-0.2, 0) is 22.4 Å². The first-order valence-corrected chi connectivity index (χ1v) is 13.1. The van der Waals surface area contributed by atoms with Gasteiger partial charge in [-0.15, -0.1) is 4.13 Å². The molecule has 2 aromatic rings. The summed E-state index contributed by atoms with van der Waals surface area (Å²) in [5, 5.41) is 22.2. The minimum atomic E-state index is -5.51. The first kappa shape index (κ1) is 31.4. The molecule has 210 valence electrons. The molecule has 0 atom stereocenters. The second-order valence-corrected chi connectivity index (χ2v) is 10.8. The molecule has 10 nitrogen and oxygen atoms in total. The Morgan fingerprint density at radius 2 is 1.63 bits per heavy atom. The Morgan fingerprint density at radius 1 is 1.00 bits per heavy atom. The largest absolute Gasteiger partial charge is 0.418 e. The fraction of sp³-hybridized carbons (Fsp3) is 0.368. The van der Waals surface area contributed by atoms with Gasteiger partial charge in [-0.2, -0.15) is 26.3 Å². The highest BCUT2D eigenvalue weighted by atomic mass is 35.5. The van der Waals surface area contributed by atoms with E-state index in [0.29, 0.717) is 25.0 Å². The molecule has 2 rings (SSSR count). The number of anilines is 2. The van der Waals surface area contributed by atoms with Crippen LogP contribution in [-0.4, -0.2) is 24.0 Å². The monoisotopic (exact) mass is 610 g/mol. The summed E-state index contributed by atoms with van der Waals surface area (Å²) in [5.41, 5.74) is -8.71. The van der Waals surface area contributed by atoms with E-state index in [2.05, 4.69) is 0 Å². The number of halogens is 7. The summed E-state index contributed by atoms with van der Waals surface area (Å²) in [5.74, 6) is -0.521. The molecule has 0 unspecified atom stereocenters. The van der Waals surface area contributed by atoms with Crippen molar-refractivity contribution in [3.8, 4) is 0 Å². The number of unbranched alkanes of at least 4 members (excludes halogenated alkanes) is 2. The van der Waals surface area contributed by atoms with Crippen LogP contribution in [0.25, 0.3) is 0 Å². The third kappa shape index (κ3) is 7.84. The lowest BCUT2D eigenvalue weighted by atomic mass is 10.1. The van der Waals surface area contributed by atoms with Crippen LogP contribution in [0.1, 0.15) is 37.3 Å². The summed E-state index contributed by atoms with van der Waals surface area (Å²) in [7, 11) is -4.27. The van der Waals surface area contributed by atoms with Crippen LogP contribution in [0.3, 0.4) is 0 Å². The molecule has 0 amide bonds. The van der Waals surface area contributed by atoms with Crippen LogP contribution in [0.5, 0.6) is 0 Å². The fourth-order valence-corrected chi connectivity index (χ4v) is 5.47. The van der Waals surface area contributed by atoms with Gasteiger partial charge in [0.15, 0.2) is 0 Å². The van der Waals surface area contributed by atoms with Gasteiger partial charge in [0.05, 0.1) is 55.6 Å². The number of hydrogen-bond acceptors (Lipinski definition) is 8. The van der Waals surface area contributed by atoms with Crippen LogP contribution >= 0.6 is 23.7 Å². The molecular formula is C19H17ClF6N4O6S2. The molecule has 0 saturated heterocycles. The van der Waals surface area contributed by atoms with Gasteiger partial charge < -0.3 is 0 Å². The van der Waals surface area contributed by atoms with Crippen LogP contribution in [0.2, 0.25) is 5.02 Å². The quantitative estimate of drug-likeness (QED) is 0.0944. The average Bonchev–Trinajstić information content (AvgIpc) is 2.78. The molecule has 0 aromatic heterocycles. The highest BCUT2D eigenvalue weighted by Gasteiger charge is 2.43. The fourth-order valence-electron chi connectivity index (χ4n) is 3.02. The summed E-state index contributed by atoms with van der Waals surface area (Å²) in [4.78, 5) is 20.1. The minimum absolute atomic E-state index is 0.0623. The van der Waals surface area contributed by atoms with Gasteiger partial charge in [0.25, 0.3) is 5.69 Å². The van der Waals surface area contributed by atoms with E-state index in [9.17, 15) is 55.0 Å². The second-order valence-electron chi connectivity index (χ2n) is 7.53. The minimum Gasteiger partial charge on any atom is -0.262 e. The Hall–Kier alpha value is -2.83. The second kappa shape index (κ2) is 11.9. The number of nitrogens with zero attached hydrogens (tertiary/aromatic N) is 3. The molecule has 0 aliphatic carbocycles. The summed E-state index contributed by atoms with van der Waals surface area (Å²) in [6.07, 6.45) is -9.36. The Morgan fingerprint density at radius 3 is 2.13 bits per heavy atom. The standard InChI is InChI=1S/C19H17ClF6N4O6S2/c1-2-3-4-7-38(35,36)27-37-28(15-8-11(18(21,22)23)5-6-14(15)20)17-13(19(24,25)26)9-12(29(31)32)10-16(17)30(33)34/h5-6,8-10,27H,2-4,7H2,1H3. The van der Waals surface area contributed by atoms with Gasteiger partial charge in [-0.05, 0) is 24.6 Å². The molecule has 38 heavy (non-hydrogen) atoms. The topological polar surface area (TPSA) is 136 Å². The molecule has 0 fully saturated rings. The number of alkyl halides is 6. The number of nitrogens with one attached hydrogen (secondary N) is 1. The molecular weight excluding hydrogens is 594 g/mol. The number of hydrogen-bond donors (Lipinski definition) is 1. The summed E-state index contributed by atoms with van der Waals surface area (Å²) >= 11 is 5.74. The third-order valence-electron chi connectivity index (χ3n) is 4.75. The van der Waals surface area contributed by atoms with Crippen molar-refractivity contribution in [3.63, 3.8) is 0 Å². The molecule has 0 saturated carbocycles. The zero-order chi connectivity index (χ0) is 29.1. The van der Waals surface area contributed by atoms with Crippen molar-refractivity contribution in [2.24, 2.45) is 0 Å². The first-order chi connectivity index (χ1) is 17.4. The van der Waals surface area contributed by atoms with Gasteiger partial charge in [-0.25, -0.2) is 8.42 Å². The van der Waals surface area contributed by atoms with Crippen molar-refractivity contribution in [2.75, 3.05) is 10.1 Å². The molecule has 1 N–H and O–H groups in total. The van der Waals surface area contributed by atoms with Gasteiger partial charge in [-0.3, -0.25) is 24.5 Å². The van der Waals surface area contributed by atoms with Crippen molar-refractivity contribution < 1.29 is 44.6 Å². The van der Waals surface area contributed by atoms with Gasteiger partial charge in [0.2, 0.25) is 10.0 Å². The summed E-state index contributed by atoms with van der Waals surface area (Å²) in [6, 6.07) is 1.49. The van der Waals surface area contributed by atoms with Crippen LogP contribution in [0.15, 0.2) is 30.3 Å². The summed E-state index contributed by atoms with van der Waals surface area (Å²) in [6.45, 7) is 1.76. The van der Waals surface area contributed by atoms with Crippen LogP contribution in [0, 0.1) is 20.2 Å². The van der Waals surface area contributed by atoms with Gasteiger partial charge >= 0.3 is 18.0 Å². The Kier molecular flexibility index (Phi) is 9.84. The molecule has 0 aliphatic heterocycles. The molecule has 0 spiro atoms. The van der Waals surface area contributed by atoms with E-state index in [1.807, 2.05) is 4.13 Å². The van der Waals surface area contributed by atoms with Gasteiger partial charge in [-0.1, -0.05) is 31.4 Å². The number of nitro groups is 2.